The molecule has 0 aliphatic carbocycles. The number of hydrogen-bond acceptors (Lipinski definition) is 5. The highest BCUT2D eigenvalue weighted by Crippen LogP contribution is 2.17. The van der Waals surface area contributed by atoms with E-state index in [0.717, 1.165) is 0 Å². The standard InChI is InChI=1S/C12H13N3O2S3/c1-8-4-9(12(13)18)2-3-11(8)20(16,17)15-5-10-6-19-7-14-10/h2-4,6-7,15H,5H2,1H3,(H2,13,18). The monoisotopic (exact) mass is 327 g/mol. The summed E-state index contributed by atoms with van der Waals surface area (Å²) in [4.78, 5) is 4.49. The number of nitrogens with one attached hydrogen (secondary N) is 1. The van der Waals surface area contributed by atoms with Gasteiger partial charge in [0.1, 0.15) is 4.99 Å². The van der Waals surface area contributed by atoms with Crippen molar-refractivity contribution in [3.63, 3.8) is 0 Å². The fourth-order valence-electron chi connectivity index (χ4n) is 1.68. The van der Waals surface area contributed by atoms with E-state index in [9.17, 15) is 8.42 Å². The van der Waals surface area contributed by atoms with Gasteiger partial charge in [0.2, 0.25) is 10.0 Å². The number of sulfonamides is 1. The molecule has 0 atom stereocenters. The molecule has 0 bridgehead atoms. The zero-order valence-electron chi connectivity index (χ0n) is 10.7. The highest BCUT2D eigenvalue weighted by molar-refractivity contribution is 7.89. The first-order valence-electron chi connectivity index (χ1n) is 5.67. The minimum absolute atomic E-state index is 0.169. The number of aryl methyl sites for hydroxylation is 1. The van der Waals surface area contributed by atoms with Gasteiger partial charge in [0.25, 0.3) is 0 Å². The van der Waals surface area contributed by atoms with Crippen molar-refractivity contribution in [1.82, 2.24) is 9.71 Å². The van der Waals surface area contributed by atoms with E-state index in [2.05, 4.69) is 9.71 Å². The third-order valence-electron chi connectivity index (χ3n) is 2.68. The van der Waals surface area contributed by atoms with Gasteiger partial charge in [-0.1, -0.05) is 18.3 Å². The van der Waals surface area contributed by atoms with Gasteiger partial charge in [-0.2, -0.15) is 0 Å². The molecular formula is C12H13N3O2S3. The predicted molar refractivity (Wildman–Crippen MR) is 83.2 cm³/mol. The number of hydrogen-bond donors (Lipinski definition) is 2. The lowest BCUT2D eigenvalue weighted by atomic mass is 10.1. The molecule has 2 rings (SSSR count). The van der Waals surface area contributed by atoms with Gasteiger partial charge < -0.3 is 5.73 Å². The van der Waals surface area contributed by atoms with E-state index in [1.54, 1.807) is 29.9 Å². The Balaban J connectivity index is 2.23. The SMILES string of the molecule is Cc1cc(C(N)=S)ccc1S(=O)(=O)NCc1cscn1. The van der Waals surface area contributed by atoms with Crippen LogP contribution in [0.1, 0.15) is 16.8 Å². The van der Waals surface area contributed by atoms with E-state index in [-0.39, 0.29) is 16.4 Å². The van der Waals surface area contributed by atoms with Crippen LogP contribution in [0.5, 0.6) is 0 Å². The summed E-state index contributed by atoms with van der Waals surface area (Å²) in [6.07, 6.45) is 0. The summed E-state index contributed by atoms with van der Waals surface area (Å²) in [5, 5.41) is 1.80. The lowest BCUT2D eigenvalue weighted by Crippen LogP contribution is -2.24. The smallest absolute Gasteiger partial charge is 0.241 e. The van der Waals surface area contributed by atoms with Crippen LogP contribution in [0.4, 0.5) is 0 Å². The van der Waals surface area contributed by atoms with Crippen LogP contribution in [0, 0.1) is 6.92 Å². The zero-order valence-corrected chi connectivity index (χ0v) is 13.1. The molecule has 0 aliphatic rings. The van der Waals surface area contributed by atoms with Crippen molar-refractivity contribution in [3.8, 4) is 0 Å². The highest BCUT2D eigenvalue weighted by Gasteiger charge is 2.17. The fourth-order valence-corrected chi connectivity index (χ4v) is 3.58. The molecule has 0 radical (unpaired) electrons. The van der Waals surface area contributed by atoms with Gasteiger partial charge in [0.15, 0.2) is 0 Å². The van der Waals surface area contributed by atoms with Gasteiger partial charge >= 0.3 is 0 Å². The van der Waals surface area contributed by atoms with Crippen molar-refractivity contribution < 1.29 is 8.42 Å². The Hall–Kier alpha value is -1.35. The minimum atomic E-state index is -3.58. The summed E-state index contributed by atoms with van der Waals surface area (Å²) in [6.45, 7) is 1.88. The average molecular weight is 327 g/mol. The quantitative estimate of drug-likeness (QED) is 0.814. The Morgan fingerprint density at radius 1 is 1.50 bits per heavy atom. The summed E-state index contributed by atoms with van der Waals surface area (Å²) in [5.74, 6) is 0. The summed E-state index contributed by atoms with van der Waals surface area (Å²) in [6, 6.07) is 4.78. The molecule has 0 fully saturated rings. The highest BCUT2D eigenvalue weighted by atomic mass is 32.2. The number of aromatic nitrogens is 1. The van der Waals surface area contributed by atoms with Gasteiger partial charge in [-0.15, -0.1) is 11.3 Å². The van der Waals surface area contributed by atoms with E-state index in [4.69, 9.17) is 18.0 Å². The zero-order chi connectivity index (χ0) is 14.8. The Morgan fingerprint density at radius 2 is 2.25 bits per heavy atom. The van der Waals surface area contributed by atoms with Crippen LogP contribution < -0.4 is 10.5 Å². The first-order valence-corrected chi connectivity index (χ1v) is 8.51. The average Bonchev–Trinajstić information content (AvgIpc) is 2.89. The van der Waals surface area contributed by atoms with E-state index < -0.39 is 10.0 Å². The van der Waals surface area contributed by atoms with Gasteiger partial charge in [-0.3, -0.25) is 0 Å². The largest absolute Gasteiger partial charge is 0.389 e. The van der Waals surface area contributed by atoms with Crippen molar-refractivity contribution in [3.05, 3.63) is 45.9 Å². The second-order valence-electron chi connectivity index (χ2n) is 4.15. The van der Waals surface area contributed by atoms with Crippen LogP contribution in [-0.2, 0) is 16.6 Å². The topological polar surface area (TPSA) is 85.1 Å². The maximum atomic E-state index is 12.2. The van der Waals surface area contributed by atoms with Crippen LogP contribution in [0.15, 0.2) is 34.0 Å². The number of rotatable bonds is 5. The third kappa shape index (κ3) is 3.40. The lowest BCUT2D eigenvalue weighted by Gasteiger charge is -2.09. The van der Waals surface area contributed by atoms with Crippen molar-refractivity contribution in [2.24, 2.45) is 5.73 Å². The van der Waals surface area contributed by atoms with E-state index in [1.165, 1.54) is 17.4 Å². The van der Waals surface area contributed by atoms with Gasteiger partial charge in [-0.25, -0.2) is 18.1 Å². The number of benzene rings is 1. The third-order valence-corrected chi connectivity index (χ3v) is 5.11. The number of thiocarbonyl (C=S) groups is 1. The van der Waals surface area contributed by atoms with Crippen LogP contribution >= 0.6 is 23.6 Å². The molecule has 0 amide bonds. The minimum Gasteiger partial charge on any atom is -0.389 e. The summed E-state index contributed by atoms with van der Waals surface area (Å²) in [7, 11) is -3.58. The van der Waals surface area contributed by atoms with Crippen molar-refractivity contribution >= 4 is 38.6 Å². The molecule has 0 saturated heterocycles. The second kappa shape index (κ2) is 5.96. The Bertz CT molecular complexity index is 724. The van der Waals surface area contributed by atoms with Gasteiger partial charge in [-0.05, 0) is 24.6 Å². The molecule has 0 spiro atoms. The molecule has 20 heavy (non-hydrogen) atoms. The van der Waals surface area contributed by atoms with E-state index in [0.29, 0.717) is 16.8 Å². The van der Waals surface area contributed by atoms with Crippen molar-refractivity contribution in [1.29, 1.82) is 0 Å². The molecule has 0 unspecified atom stereocenters. The summed E-state index contributed by atoms with van der Waals surface area (Å²) < 4.78 is 27.0. The molecule has 1 aromatic carbocycles. The van der Waals surface area contributed by atoms with Gasteiger partial charge in [0, 0.05) is 10.9 Å². The summed E-state index contributed by atoms with van der Waals surface area (Å²) in [5.41, 5.74) is 9.12. The molecule has 2 aromatic rings. The molecular weight excluding hydrogens is 314 g/mol. The number of nitrogens with zero attached hydrogens (tertiary/aromatic N) is 1. The molecule has 106 valence electrons. The molecule has 0 saturated carbocycles. The Kier molecular flexibility index (Phi) is 4.48. The van der Waals surface area contributed by atoms with Gasteiger partial charge in [0.05, 0.1) is 22.6 Å². The molecule has 3 N–H and O–H groups in total. The van der Waals surface area contributed by atoms with Crippen LogP contribution in [-0.4, -0.2) is 18.4 Å². The molecule has 1 aromatic heterocycles. The van der Waals surface area contributed by atoms with Crippen LogP contribution in [0.2, 0.25) is 0 Å². The first kappa shape index (κ1) is 15.0. The number of nitrogens with two attached hydrogens (primary N) is 1. The molecule has 5 nitrogen and oxygen atoms in total. The number of thiazole rings is 1. The normalized spacial score (nSPS) is 11.4. The Labute approximate surface area is 126 Å². The fraction of sp³-hybridized carbons (Fsp3) is 0.167. The maximum Gasteiger partial charge on any atom is 0.241 e. The first-order chi connectivity index (χ1) is 9.40. The van der Waals surface area contributed by atoms with E-state index in [1.807, 2.05) is 0 Å². The maximum absolute atomic E-state index is 12.2. The van der Waals surface area contributed by atoms with Crippen molar-refractivity contribution in [2.75, 3.05) is 0 Å². The molecule has 1 heterocycles. The Morgan fingerprint density at radius 3 is 2.80 bits per heavy atom. The molecule has 8 heteroatoms. The van der Waals surface area contributed by atoms with Crippen molar-refractivity contribution in [2.45, 2.75) is 18.4 Å². The van der Waals surface area contributed by atoms with E-state index >= 15 is 0 Å². The predicted octanol–water partition coefficient (Wildman–Crippen LogP) is 1.56. The van der Waals surface area contributed by atoms with Crippen LogP contribution in [0.25, 0.3) is 0 Å². The second-order valence-corrected chi connectivity index (χ2v) is 7.04. The van der Waals surface area contributed by atoms with Crippen LogP contribution in [0.3, 0.4) is 0 Å². The summed E-state index contributed by atoms with van der Waals surface area (Å²) >= 11 is 6.29. The lowest BCUT2D eigenvalue weighted by molar-refractivity contribution is 0.580. The molecule has 0 aliphatic heterocycles.